The molecule has 4 bridgehead atoms. The zero-order valence-electron chi connectivity index (χ0n) is 18.6. The molecule has 7 heteroatoms. The van der Waals surface area contributed by atoms with E-state index < -0.39 is 9.84 Å². The molecule has 1 aromatic rings. The standard InChI is InChI=1S/C25H34N2O4S/c28-23(15-25-12-17-8-18(13-25)10-19(9-17)14-25)26-16-24(29)27-20-4-3-7-22(11-20)32(30,31)21-5-1-2-6-21/h3-4,7,11,17-19,21H,1-2,5-6,8-10,12-16H2,(H,26,28)(H,27,29). The average Bonchev–Trinajstić information content (AvgIpc) is 3.27. The molecule has 6 nitrogen and oxygen atoms in total. The molecule has 32 heavy (non-hydrogen) atoms. The summed E-state index contributed by atoms with van der Waals surface area (Å²) in [7, 11) is -3.37. The number of hydrogen-bond donors (Lipinski definition) is 2. The summed E-state index contributed by atoms with van der Waals surface area (Å²) in [4.78, 5) is 25.3. The fourth-order valence-corrected chi connectivity index (χ4v) is 9.33. The van der Waals surface area contributed by atoms with Gasteiger partial charge in [-0.25, -0.2) is 8.42 Å². The Kier molecular flexibility index (Phi) is 5.81. The first-order chi connectivity index (χ1) is 15.3. The van der Waals surface area contributed by atoms with Crippen molar-refractivity contribution in [2.24, 2.45) is 23.2 Å². The minimum absolute atomic E-state index is 0.0420. The zero-order valence-corrected chi connectivity index (χ0v) is 19.5. The van der Waals surface area contributed by atoms with Crippen molar-refractivity contribution in [2.75, 3.05) is 11.9 Å². The number of anilines is 1. The van der Waals surface area contributed by atoms with Crippen LogP contribution in [0.25, 0.3) is 0 Å². The van der Waals surface area contributed by atoms with Gasteiger partial charge in [0.15, 0.2) is 9.84 Å². The molecule has 0 aromatic heterocycles. The molecule has 2 amide bonds. The van der Waals surface area contributed by atoms with Crippen LogP contribution < -0.4 is 10.6 Å². The van der Waals surface area contributed by atoms with Gasteiger partial charge >= 0.3 is 0 Å². The molecule has 0 heterocycles. The maximum absolute atomic E-state index is 12.8. The van der Waals surface area contributed by atoms with Crippen molar-refractivity contribution in [3.05, 3.63) is 24.3 Å². The van der Waals surface area contributed by atoms with Gasteiger partial charge in [-0.2, -0.15) is 0 Å². The number of sulfone groups is 1. The third-order valence-corrected chi connectivity index (χ3v) is 10.6. The Morgan fingerprint density at radius 1 is 0.938 bits per heavy atom. The van der Waals surface area contributed by atoms with Crippen LogP contribution in [-0.2, 0) is 19.4 Å². The van der Waals surface area contributed by atoms with Crippen molar-refractivity contribution in [1.29, 1.82) is 0 Å². The monoisotopic (exact) mass is 458 g/mol. The van der Waals surface area contributed by atoms with Gasteiger partial charge in [0.05, 0.1) is 16.7 Å². The van der Waals surface area contributed by atoms with E-state index in [1.807, 2.05) is 0 Å². The maximum Gasteiger partial charge on any atom is 0.243 e. The molecular formula is C25H34N2O4S. The summed E-state index contributed by atoms with van der Waals surface area (Å²) in [6, 6.07) is 6.46. The lowest BCUT2D eigenvalue weighted by Gasteiger charge is -2.56. The molecule has 5 aliphatic carbocycles. The lowest BCUT2D eigenvalue weighted by atomic mass is 9.49. The number of carbonyl (C=O) groups is 2. The Balaban J connectivity index is 1.14. The number of amides is 2. The quantitative estimate of drug-likeness (QED) is 0.644. The molecule has 174 valence electrons. The fraction of sp³-hybridized carbons (Fsp3) is 0.680. The van der Waals surface area contributed by atoms with Crippen LogP contribution in [0.15, 0.2) is 29.2 Å². The molecule has 5 fully saturated rings. The van der Waals surface area contributed by atoms with E-state index in [1.165, 1.54) is 44.6 Å². The molecule has 1 aromatic carbocycles. The van der Waals surface area contributed by atoms with Gasteiger partial charge < -0.3 is 10.6 Å². The second-order valence-electron chi connectivity index (χ2n) is 10.9. The number of nitrogens with one attached hydrogen (secondary N) is 2. The van der Waals surface area contributed by atoms with E-state index in [0.717, 1.165) is 30.6 Å². The lowest BCUT2D eigenvalue weighted by Crippen LogP contribution is -2.48. The predicted octanol–water partition coefficient (Wildman–Crippen LogP) is 4.06. The summed E-state index contributed by atoms with van der Waals surface area (Å²) >= 11 is 0. The van der Waals surface area contributed by atoms with Gasteiger partial charge in [-0.1, -0.05) is 18.9 Å². The highest BCUT2D eigenvalue weighted by Gasteiger charge is 2.51. The highest BCUT2D eigenvalue weighted by Crippen LogP contribution is 2.61. The van der Waals surface area contributed by atoms with Crippen LogP contribution in [0, 0.1) is 23.2 Å². The zero-order chi connectivity index (χ0) is 22.3. The van der Waals surface area contributed by atoms with E-state index >= 15 is 0 Å². The van der Waals surface area contributed by atoms with E-state index in [0.29, 0.717) is 24.9 Å². The van der Waals surface area contributed by atoms with Crippen LogP contribution >= 0.6 is 0 Å². The molecule has 5 saturated carbocycles. The first-order valence-corrected chi connectivity index (χ1v) is 13.8. The third-order valence-electron chi connectivity index (χ3n) is 8.33. The van der Waals surface area contributed by atoms with Gasteiger partial charge in [0, 0.05) is 12.1 Å². The van der Waals surface area contributed by atoms with Gasteiger partial charge in [-0.3, -0.25) is 9.59 Å². The molecular weight excluding hydrogens is 424 g/mol. The van der Waals surface area contributed by atoms with E-state index in [1.54, 1.807) is 18.2 Å². The second kappa shape index (κ2) is 8.47. The molecule has 5 aliphatic rings. The molecule has 2 N–H and O–H groups in total. The van der Waals surface area contributed by atoms with E-state index in [2.05, 4.69) is 10.6 Å². The third kappa shape index (κ3) is 4.45. The second-order valence-corrected chi connectivity index (χ2v) is 13.1. The predicted molar refractivity (Wildman–Crippen MR) is 123 cm³/mol. The summed E-state index contributed by atoms with van der Waals surface area (Å²) in [5.41, 5.74) is 0.600. The first kappa shape index (κ1) is 21.9. The van der Waals surface area contributed by atoms with Gasteiger partial charge in [-0.15, -0.1) is 0 Å². The summed E-state index contributed by atoms with van der Waals surface area (Å²) in [6.07, 6.45) is 11.4. The van der Waals surface area contributed by atoms with E-state index in [9.17, 15) is 18.0 Å². The van der Waals surface area contributed by atoms with Crippen LogP contribution in [0.5, 0.6) is 0 Å². The van der Waals surface area contributed by atoms with Crippen LogP contribution in [0.2, 0.25) is 0 Å². The van der Waals surface area contributed by atoms with E-state index in [-0.39, 0.29) is 33.9 Å². The van der Waals surface area contributed by atoms with Gasteiger partial charge in [0.2, 0.25) is 11.8 Å². The molecule has 0 atom stereocenters. The highest BCUT2D eigenvalue weighted by molar-refractivity contribution is 7.92. The van der Waals surface area contributed by atoms with Crippen molar-refractivity contribution in [3.8, 4) is 0 Å². The average molecular weight is 459 g/mol. The highest BCUT2D eigenvalue weighted by atomic mass is 32.2. The van der Waals surface area contributed by atoms with Crippen molar-refractivity contribution < 1.29 is 18.0 Å². The van der Waals surface area contributed by atoms with Crippen molar-refractivity contribution in [1.82, 2.24) is 5.32 Å². The number of hydrogen-bond acceptors (Lipinski definition) is 4. The Morgan fingerprint density at radius 2 is 1.56 bits per heavy atom. The number of benzene rings is 1. The van der Waals surface area contributed by atoms with Crippen molar-refractivity contribution in [2.45, 2.75) is 80.8 Å². The van der Waals surface area contributed by atoms with Crippen LogP contribution in [-0.4, -0.2) is 32.0 Å². The first-order valence-electron chi connectivity index (χ1n) is 12.2. The summed E-state index contributed by atoms with van der Waals surface area (Å²) in [5.74, 6) is 2.01. The van der Waals surface area contributed by atoms with E-state index in [4.69, 9.17) is 0 Å². The largest absolute Gasteiger partial charge is 0.347 e. The Morgan fingerprint density at radius 3 is 2.19 bits per heavy atom. The van der Waals surface area contributed by atoms with Gasteiger partial charge in [0.1, 0.15) is 0 Å². The minimum Gasteiger partial charge on any atom is -0.347 e. The molecule has 0 spiro atoms. The lowest BCUT2D eigenvalue weighted by molar-refractivity contribution is -0.131. The molecule has 6 rings (SSSR count). The van der Waals surface area contributed by atoms with Crippen LogP contribution in [0.3, 0.4) is 0 Å². The molecule has 0 radical (unpaired) electrons. The van der Waals surface area contributed by atoms with Gasteiger partial charge in [-0.05, 0) is 92.7 Å². The summed E-state index contributed by atoms with van der Waals surface area (Å²) in [5, 5.41) is 5.22. The molecule has 0 aliphatic heterocycles. The van der Waals surface area contributed by atoms with Crippen molar-refractivity contribution >= 4 is 27.3 Å². The molecule has 0 unspecified atom stereocenters. The number of rotatable bonds is 7. The summed E-state index contributed by atoms with van der Waals surface area (Å²) < 4.78 is 25.6. The Labute approximate surface area is 190 Å². The fourth-order valence-electron chi connectivity index (χ4n) is 7.44. The minimum atomic E-state index is -3.37. The Bertz CT molecular complexity index is 962. The van der Waals surface area contributed by atoms with Crippen molar-refractivity contribution in [3.63, 3.8) is 0 Å². The number of carbonyl (C=O) groups excluding carboxylic acids is 2. The normalized spacial score (nSPS) is 31.6. The Hall–Kier alpha value is -1.89. The molecule has 0 saturated heterocycles. The SMILES string of the molecule is O=C(CC12CC3CC(CC(C3)C1)C2)NCC(=O)Nc1cccc(S(=O)(=O)C2CCCC2)c1. The van der Waals surface area contributed by atoms with Crippen LogP contribution in [0.1, 0.15) is 70.6 Å². The summed E-state index contributed by atoms with van der Waals surface area (Å²) in [6.45, 7) is -0.0925. The topological polar surface area (TPSA) is 92.3 Å². The van der Waals surface area contributed by atoms with Gasteiger partial charge in [0.25, 0.3) is 0 Å². The van der Waals surface area contributed by atoms with Crippen LogP contribution in [0.4, 0.5) is 5.69 Å². The smallest absolute Gasteiger partial charge is 0.243 e. The maximum atomic E-state index is 12.8.